The summed E-state index contributed by atoms with van der Waals surface area (Å²) < 4.78 is 70.4. The Morgan fingerprint density at radius 1 is 0.407 bits per heavy atom. The van der Waals surface area contributed by atoms with Gasteiger partial charge in [-0.2, -0.15) is 0 Å². The van der Waals surface area contributed by atoms with E-state index in [1.165, 1.54) is 6.07 Å². The van der Waals surface area contributed by atoms with Gasteiger partial charge in [0, 0.05) is 10.8 Å². The van der Waals surface area contributed by atoms with Gasteiger partial charge in [-0.15, -0.1) is 0 Å². The zero-order chi connectivity index (χ0) is 18.9. The number of hydrogen-bond acceptors (Lipinski definition) is 0. The van der Waals surface area contributed by atoms with Crippen LogP contribution in [0.2, 0.25) is 0 Å². The molecule has 0 heterocycles. The lowest BCUT2D eigenvalue weighted by Crippen LogP contribution is -2.00. The molecule has 0 aliphatic rings. The lowest BCUT2D eigenvalue weighted by Gasteiger charge is -2.10. The van der Waals surface area contributed by atoms with E-state index in [4.69, 9.17) is 0 Å². The maximum absolute atomic E-state index is 15.0. The molecule has 5 heteroatoms. The van der Waals surface area contributed by atoms with E-state index in [0.717, 1.165) is 22.2 Å². The summed E-state index contributed by atoms with van der Waals surface area (Å²) in [5.74, 6) is -8.44. The van der Waals surface area contributed by atoms with E-state index >= 15 is 0 Å². The van der Waals surface area contributed by atoms with Gasteiger partial charge >= 0.3 is 0 Å². The van der Waals surface area contributed by atoms with E-state index in [-0.39, 0.29) is 10.8 Å². The molecule has 132 valence electrons. The fourth-order valence-electron chi connectivity index (χ4n) is 3.61. The lowest BCUT2D eigenvalue weighted by molar-refractivity contribution is 0.416. The van der Waals surface area contributed by atoms with Crippen molar-refractivity contribution in [1.29, 1.82) is 0 Å². The first-order chi connectivity index (χ1) is 13.0. The Bertz CT molecular complexity index is 1420. The fraction of sp³-hybridized carbons (Fsp3) is 0. The number of hydrogen-bond donors (Lipinski definition) is 0. The molecule has 0 bridgehead atoms. The van der Waals surface area contributed by atoms with E-state index in [0.29, 0.717) is 5.39 Å². The fourth-order valence-corrected chi connectivity index (χ4v) is 3.61. The summed E-state index contributed by atoms with van der Waals surface area (Å²) in [5.41, 5.74) is 0. The van der Waals surface area contributed by atoms with Crippen LogP contribution in [-0.4, -0.2) is 0 Å². The molecule has 0 aliphatic carbocycles. The minimum atomic E-state index is -2.02. The van der Waals surface area contributed by atoms with Crippen LogP contribution in [0.4, 0.5) is 22.0 Å². The average molecular weight is 368 g/mol. The van der Waals surface area contributed by atoms with E-state index in [2.05, 4.69) is 0 Å². The third kappa shape index (κ3) is 2.14. The molecule has 0 N–H and O–H groups in total. The predicted octanol–water partition coefficient (Wildman–Crippen LogP) is 6.99. The molecule has 0 nitrogen and oxygen atoms in total. The topological polar surface area (TPSA) is 0 Å². The summed E-state index contributed by atoms with van der Waals surface area (Å²) in [6, 6.07) is 15.6. The quantitative estimate of drug-likeness (QED) is 0.120. The molecule has 0 radical (unpaired) electrons. The molecular formula is C22H9F5. The molecule has 0 saturated heterocycles. The normalized spacial score (nSPS) is 11.9. The van der Waals surface area contributed by atoms with Gasteiger partial charge in [-0.3, -0.25) is 0 Å². The third-order valence-electron chi connectivity index (χ3n) is 4.93. The molecule has 0 unspecified atom stereocenters. The zero-order valence-corrected chi connectivity index (χ0v) is 13.6. The Hall–Kier alpha value is -3.21. The largest absolute Gasteiger partial charge is 0.206 e. The minimum absolute atomic E-state index is 0.00888. The van der Waals surface area contributed by atoms with Gasteiger partial charge in [-0.1, -0.05) is 24.3 Å². The average Bonchev–Trinajstić information content (AvgIpc) is 2.67. The number of rotatable bonds is 0. The zero-order valence-electron chi connectivity index (χ0n) is 13.6. The molecule has 0 fully saturated rings. The summed E-state index contributed by atoms with van der Waals surface area (Å²) in [7, 11) is 0. The Morgan fingerprint density at radius 3 is 1.59 bits per heavy atom. The molecule has 0 atom stereocenters. The second-order valence-corrected chi connectivity index (χ2v) is 6.49. The van der Waals surface area contributed by atoms with Crippen LogP contribution >= 0.6 is 0 Å². The first-order valence-corrected chi connectivity index (χ1v) is 8.16. The Labute approximate surface area is 149 Å². The highest BCUT2D eigenvalue weighted by atomic mass is 19.2. The van der Waals surface area contributed by atoms with Crippen molar-refractivity contribution in [2.45, 2.75) is 0 Å². The molecule has 5 rings (SSSR count). The van der Waals surface area contributed by atoms with E-state index in [1.54, 1.807) is 6.07 Å². The van der Waals surface area contributed by atoms with Crippen LogP contribution in [0.25, 0.3) is 43.1 Å². The number of fused-ring (bicyclic) bond motifs is 4. The first kappa shape index (κ1) is 16.0. The highest BCUT2D eigenvalue weighted by Crippen LogP contribution is 2.36. The molecule has 0 spiro atoms. The van der Waals surface area contributed by atoms with Crippen LogP contribution in [0.1, 0.15) is 0 Å². The number of halogens is 5. The van der Waals surface area contributed by atoms with Crippen LogP contribution in [0, 0.1) is 29.1 Å². The van der Waals surface area contributed by atoms with Gasteiger partial charge in [0.15, 0.2) is 23.3 Å². The summed E-state index contributed by atoms with van der Waals surface area (Å²) in [4.78, 5) is 0. The van der Waals surface area contributed by atoms with E-state index in [9.17, 15) is 22.0 Å². The lowest BCUT2D eigenvalue weighted by atomic mass is 9.96. The Balaban J connectivity index is 1.98. The Morgan fingerprint density at radius 2 is 0.926 bits per heavy atom. The highest BCUT2D eigenvalue weighted by Gasteiger charge is 2.24. The van der Waals surface area contributed by atoms with E-state index in [1.807, 2.05) is 36.4 Å². The van der Waals surface area contributed by atoms with Gasteiger partial charge in [-0.05, 0) is 57.3 Å². The molecule has 0 aliphatic heterocycles. The standard InChI is InChI=1S/C22H9F5/c23-18-15-8-13-6-11-4-2-1-3-10(11)5-12(13)7-14(15)9-16-17(18)20(25)22(27)21(26)19(16)24/h1-9H. The van der Waals surface area contributed by atoms with Crippen molar-refractivity contribution in [2.75, 3.05) is 0 Å². The van der Waals surface area contributed by atoms with Crippen LogP contribution in [0.3, 0.4) is 0 Å². The van der Waals surface area contributed by atoms with Gasteiger partial charge in [0.2, 0.25) is 0 Å². The second-order valence-electron chi connectivity index (χ2n) is 6.49. The molecular weight excluding hydrogens is 359 g/mol. The summed E-state index contributed by atoms with van der Waals surface area (Å²) in [5, 5.41) is 2.13. The van der Waals surface area contributed by atoms with Gasteiger partial charge in [0.25, 0.3) is 0 Å². The maximum atomic E-state index is 15.0. The Kier molecular flexibility index (Phi) is 3.20. The highest BCUT2D eigenvalue weighted by molar-refractivity contribution is 6.08. The van der Waals surface area contributed by atoms with Gasteiger partial charge in [0.05, 0.1) is 5.39 Å². The van der Waals surface area contributed by atoms with Gasteiger partial charge in [-0.25, -0.2) is 22.0 Å². The van der Waals surface area contributed by atoms with Crippen molar-refractivity contribution in [3.63, 3.8) is 0 Å². The second kappa shape index (κ2) is 5.39. The SMILES string of the molecule is Fc1c(F)c(F)c2c(F)c3cc4cc5ccccc5cc4cc3cc2c1F. The molecule has 27 heavy (non-hydrogen) atoms. The van der Waals surface area contributed by atoms with Crippen molar-refractivity contribution >= 4 is 43.1 Å². The van der Waals surface area contributed by atoms with Crippen LogP contribution in [0.15, 0.2) is 54.6 Å². The van der Waals surface area contributed by atoms with Crippen LogP contribution in [-0.2, 0) is 0 Å². The van der Waals surface area contributed by atoms with Crippen molar-refractivity contribution in [1.82, 2.24) is 0 Å². The van der Waals surface area contributed by atoms with Crippen molar-refractivity contribution in [3.05, 3.63) is 83.7 Å². The van der Waals surface area contributed by atoms with Crippen molar-refractivity contribution in [2.24, 2.45) is 0 Å². The van der Waals surface area contributed by atoms with Crippen molar-refractivity contribution < 1.29 is 22.0 Å². The number of benzene rings is 5. The first-order valence-electron chi connectivity index (χ1n) is 8.16. The maximum Gasteiger partial charge on any atom is 0.198 e. The smallest absolute Gasteiger partial charge is 0.198 e. The van der Waals surface area contributed by atoms with Gasteiger partial charge in [0.1, 0.15) is 5.82 Å². The molecule has 5 aromatic carbocycles. The van der Waals surface area contributed by atoms with Crippen molar-refractivity contribution in [3.8, 4) is 0 Å². The van der Waals surface area contributed by atoms with E-state index < -0.39 is 39.9 Å². The predicted molar refractivity (Wildman–Crippen MR) is 96.3 cm³/mol. The molecule has 5 aromatic rings. The van der Waals surface area contributed by atoms with Crippen LogP contribution in [0.5, 0.6) is 0 Å². The van der Waals surface area contributed by atoms with Gasteiger partial charge < -0.3 is 0 Å². The summed E-state index contributed by atoms with van der Waals surface area (Å²) >= 11 is 0. The molecule has 0 amide bonds. The summed E-state index contributed by atoms with van der Waals surface area (Å²) in [6.07, 6.45) is 0. The minimum Gasteiger partial charge on any atom is -0.206 e. The molecule has 0 aromatic heterocycles. The molecule has 0 saturated carbocycles. The van der Waals surface area contributed by atoms with Crippen LogP contribution < -0.4 is 0 Å². The monoisotopic (exact) mass is 368 g/mol. The third-order valence-corrected chi connectivity index (χ3v) is 4.93. The summed E-state index contributed by atoms with van der Waals surface area (Å²) in [6.45, 7) is 0.